The van der Waals surface area contributed by atoms with Gasteiger partial charge in [-0.05, 0) is 50.3 Å². The van der Waals surface area contributed by atoms with Crippen molar-refractivity contribution >= 4 is 41.7 Å². The zero-order valence-corrected chi connectivity index (χ0v) is 18.9. The first-order valence-corrected chi connectivity index (χ1v) is 10.0. The molecule has 2 saturated heterocycles. The summed E-state index contributed by atoms with van der Waals surface area (Å²) in [5.74, 6) is 0.791. The van der Waals surface area contributed by atoms with Crippen molar-refractivity contribution in [1.82, 2.24) is 15.5 Å². The number of anilines is 1. The van der Waals surface area contributed by atoms with Gasteiger partial charge < -0.3 is 25.6 Å². The van der Waals surface area contributed by atoms with Crippen molar-refractivity contribution in [1.29, 1.82) is 0 Å². The number of likely N-dealkylation sites (tertiary alicyclic amines) is 1. The van der Waals surface area contributed by atoms with Crippen LogP contribution in [0.4, 0.5) is 10.5 Å². The Morgan fingerprint density at radius 1 is 1.25 bits per heavy atom. The molecule has 2 fully saturated rings. The molecule has 1 aromatic rings. The third-order valence-corrected chi connectivity index (χ3v) is 4.86. The Labute approximate surface area is 184 Å². The maximum atomic E-state index is 12.2. The van der Waals surface area contributed by atoms with Gasteiger partial charge in [0.1, 0.15) is 0 Å². The van der Waals surface area contributed by atoms with E-state index >= 15 is 0 Å². The lowest BCUT2D eigenvalue weighted by Crippen LogP contribution is -2.41. The molecule has 2 aliphatic rings. The van der Waals surface area contributed by atoms with Gasteiger partial charge in [-0.25, -0.2) is 9.79 Å². The van der Waals surface area contributed by atoms with E-state index in [1.165, 1.54) is 0 Å². The second-order valence-electron chi connectivity index (χ2n) is 7.04. The molecule has 0 radical (unpaired) electrons. The Balaban J connectivity index is 0.00000280. The molecule has 0 saturated carbocycles. The molecule has 7 nitrogen and oxygen atoms in total. The number of urea groups is 1. The molecule has 3 N–H and O–H groups in total. The Morgan fingerprint density at radius 3 is 2.79 bits per heavy atom. The minimum Gasteiger partial charge on any atom is -0.376 e. The topological polar surface area (TPSA) is 78.0 Å². The fourth-order valence-corrected chi connectivity index (χ4v) is 3.40. The van der Waals surface area contributed by atoms with E-state index in [2.05, 4.69) is 27.9 Å². The van der Waals surface area contributed by atoms with Gasteiger partial charge in [0.25, 0.3) is 0 Å². The Morgan fingerprint density at radius 2 is 2.07 bits per heavy atom. The highest BCUT2D eigenvalue weighted by molar-refractivity contribution is 14.0. The van der Waals surface area contributed by atoms with E-state index in [4.69, 9.17) is 4.74 Å². The number of halogens is 1. The van der Waals surface area contributed by atoms with Crippen molar-refractivity contribution in [3.8, 4) is 0 Å². The lowest BCUT2D eigenvalue weighted by Gasteiger charge is -2.16. The van der Waals surface area contributed by atoms with Gasteiger partial charge in [0.15, 0.2) is 5.96 Å². The van der Waals surface area contributed by atoms with E-state index < -0.39 is 0 Å². The number of ether oxygens (including phenoxy) is 1. The molecule has 8 heteroatoms. The minimum atomic E-state index is -0.0141. The Kier molecular flexibility index (Phi) is 9.83. The quantitative estimate of drug-likeness (QED) is 0.318. The standard InChI is InChI=1S/C20H31N5O2.HI/c1-2-21-19(23-15-18-9-6-12-27-18)22-14-16-7-5-8-17(13-16)24-20(26)25-10-3-4-11-25;/h5,7-8,13,18H,2-4,6,9-12,14-15H2,1H3,(H,24,26)(H2,21,22,23);1H. The van der Waals surface area contributed by atoms with Gasteiger partial charge in [-0.2, -0.15) is 0 Å². The number of rotatable bonds is 6. The summed E-state index contributed by atoms with van der Waals surface area (Å²) in [5, 5.41) is 9.61. The molecule has 0 bridgehead atoms. The second kappa shape index (κ2) is 12.1. The van der Waals surface area contributed by atoms with Crippen molar-refractivity contribution in [2.75, 3.05) is 38.1 Å². The van der Waals surface area contributed by atoms with Crippen LogP contribution in [-0.4, -0.2) is 55.8 Å². The Hall–Kier alpha value is -1.55. The number of benzene rings is 1. The molecule has 2 aliphatic heterocycles. The lowest BCUT2D eigenvalue weighted by atomic mass is 10.2. The Bertz CT molecular complexity index is 643. The fraction of sp³-hybridized carbons (Fsp3) is 0.600. The summed E-state index contributed by atoms with van der Waals surface area (Å²) in [7, 11) is 0. The number of carbonyl (C=O) groups excluding carboxylic acids is 1. The first kappa shape index (κ1) is 22.7. The van der Waals surface area contributed by atoms with Crippen molar-refractivity contribution in [3.05, 3.63) is 29.8 Å². The number of guanidine groups is 1. The third kappa shape index (κ3) is 7.12. The zero-order chi connectivity index (χ0) is 18.9. The van der Waals surface area contributed by atoms with E-state index in [0.717, 1.165) is 75.7 Å². The monoisotopic (exact) mass is 501 g/mol. The maximum Gasteiger partial charge on any atom is 0.321 e. The first-order chi connectivity index (χ1) is 13.2. The van der Waals surface area contributed by atoms with E-state index in [1.807, 2.05) is 29.2 Å². The average molecular weight is 501 g/mol. The fourth-order valence-electron chi connectivity index (χ4n) is 3.40. The molecule has 2 amide bonds. The highest BCUT2D eigenvalue weighted by atomic mass is 127. The highest BCUT2D eigenvalue weighted by Gasteiger charge is 2.18. The summed E-state index contributed by atoms with van der Waals surface area (Å²) in [5.41, 5.74) is 1.88. The van der Waals surface area contributed by atoms with Crippen LogP contribution in [0.2, 0.25) is 0 Å². The maximum absolute atomic E-state index is 12.2. The zero-order valence-electron chi connectivity index (χ0n) is 16.6. The molecule has 1 unspecified atom stereocenters. The van der Waals surface area contributed by atoms with Crippen LogP contribution in [0.25, 0.3) is 0 Å². The molecular formula is C20H32IN5O2. The molecular weight excluding hydrogens is 469 g/mol. The summed E-state index contributed by atoms with van der Waals surface area (Å²) >= 11 is 0. The number of carbonyl (C=O) groups is 1. The normalized spacial score (nSPS) is 19.2. The smallest absolute Gasteiger partial charge is 0.321 e. The van der Waals surface area contributed by atoms with Crippen LogP contribution in [0, 0.1) is 0 Å². The number of nitrogens with zero attached hydrogens (tertiary/aromatic N) is 2. The van der Waals surface area contributed by atoms with Gasteiger partial charge in [0, 0.05) is 38.5 Å². The van der Waals surface area contributed by atoms with Crippen molar-refractivity contribution < 1.29 is 9.53 Å². The van der Waals surface area contributed by atoms with Crippen LogP contribution < -0.4 is 16.0 Å². The van der Waals surface area contributed by atoms with Gasteiger partial charge in [0.2, 0.25) is 0 Å². The third-order valence-electron chi connectivity index (χ3n) is 4.86. The van der Waals surface area contributed by atoms with E-state index in [0.29, 0.717) is 6.54 Å². The molecule has 1 atom stereocenters. The predicted molar refractivity (Wildman–Crippen MR) is 123 cm³/mol. The van der Waals surface area contributed by atoms with Crippen molar-refractivity contribution in [2.24, 2.45) is 4.99 Å². The van der Waals surface area contributed by atoms with Crippen LogP contribution in [0.3, 0.4) is 0 Å². The lowest BCUT2D eigenvalue weighted by molar-refractivity contribution is 0.114. The molecule has 156 valence electrons. The van der Waals surface area contributed by atoms with Crippen LogP contribution >= 0.6 is 24.0 Å². The molecule has 3 rings (SSSR count). The molecule has 1 aromatic carbocycles. The van der Waals surface area contributed by atoms with Crippen molar-refractivity contribution in [2.45, 2.75) is 45.3 Å². The van der Waals surface area contributed by atoms with Crippen LogP contribution in [0.5, 0.6) is 0 Å². The minimum absolute atomic E-state index is 0. The summed E-state index contributed by atoms with van der Waals surface area (Å²) in [6.07, 6.45) is 4.70. The van der Waals surface area contributed by atoms with Crippen LogP contribution in [-0.2, 0) is 11.3 Å². The van der Waals surface area contributed by atoms with Gasteiger partial charge in [0.05, 0.1) is 12.6 Å². The van der Waals surface area contributed by atoms with Gasteiger partial charge in [-0.1, -0.05) is 12.1 Å². The number of aliphatic imine (C=N–C) groups is 1. The first-order valence-electron chi connectivity index (χ1n) is 10.0. The van der Waals surface area contributed by atoms with Gasteiger partial charge >= 0.3 is 6.03 Å². The van der Waals surface area contributed by atoms with E-state index in [9.17, 15) is 4.79 Å². The molecule has 2 heterocycles. The highest BCUT2D eigenvalue weighted by Crippen LogP contribution is 2.15. The summed E-state index contributed by atoms with van der Waals surface area (Å²) < 4.78 is 5.65. The number of nitrogens with one attached hydrogen (secondary N) is 3. The molecule has 0 aliphatic carbocycles. The second-order valence-corrected chi connectivity index (χ2v) is 7.04. The predicted octanol–water partition coefficient (Wildman–Crippen LogP) is 3.17. The van der Waals surface area contributed by atoms with Gasteiger partial charge in [-0.3, -0.25) is 0 Å². The number of hydrogen-bond donors (Lipinski definition) is 3. The van der Waals surface area contributed by atoms with Crippen LogP contribution in [0.1, 0.15) is 38.2 Å². The van der Waals surface area contributed by atoms with Crippen LogP contribution in [0.15, 0.2) is 29.3 Å². The molecule has 0 spiro atoms. The SMILES string of the molecule is CCNC(=NCc1cccc(NC(=O)N2CCCC2)c1)NCC1CCCO1.I. The largest absolute Gasteiger partial charge is 0.376 e. The van der Waals surface area contributed by atoms with E-state index in [1.54, 1.807) is 0 Å². The average Bonchev–Trinajstić information content (AvgIpc) is 3.38. The number of hydrogen-bond acceptors (Lipinski definition) is 3. The van der Waals surface area contributed by atoms with Crippen molar-refractivity contribution in [3.63, 3.8) is 0 Å². The molecule has 28 heavy (non-hydrogen) atoms. The number of amides is 2. The van der Waals surface area contributed by atoms with E-state index in [-0.39, 0.29) is 36.1 Å². The summed E-state index contributed by atoms with van der Waals surface area (Å²) in [6.45, 7) is 6.74. The van der Waals surface area contributed by atoms with Gasteiger partial charge in [-0.15, -0.1) is 24.0 Å². The molecule has 0 aromatic heterocycles. The summed E-state index contributed by atoms with van der Waals surface area (Å²) in [4.78, 5) is 18.8. The summed E-state index contributed by atoms with van der Waals surface area (Å²) in [6, 6.07) is 7.87.